The van der Waals surface area contributed by atoms with Gasteiger partial charge in [0.05, 0.1) is 20.2 Å². The number of halogens is 4. The number of β-lactam (4-membered cyclic amide) rings is 1. The van der Waals surface area contributed by atoms with Crippen molar-refractivity contribution < 1.29 is 37.0 Å². The van der Waals surface area contributed by atoms with Gasteiger partial charge in [-0.15, -0.1) is 0 Å². The first-order valence-corrected chi connectivity index (χ1v) is 17.0. The summed E-state index contributed by atoms with van der Waals surface area (Å²) < 4.78 is 59.4. The summed E-state index contributed by atoms with van der Waals surface area (Å²) in [6.07, 6.45) is 1.80. The van der Waals surface area contributed by atoms with E-state index in [4.69, 9.17) is 9.84 Å². The number of ether oxygens (including phenoxy) is 1. The van der Waals surface area contributed by atoms with Gasteiger partial charge in [0, 0.05) is 38.5 Å². The van der Waals surface area contributed by atoms with Gasteiger partial charge in [-0.25, -0.2) is 28.0 Å². The molecule has 8 nitrogen and oxygen atoms in total. The molecule has 0 saturated carbocycles. The number of alkyl halides is 4. The lowest BCUT2D eigenvalue weighted by Gasteiger charge is -2.67. The highest BCUT2D eigenvalue weighted by molar-refractivity contribution is 5.99. The van der Waals surface area contributed by atoms with Crippen molar-refractivity contribution in [2.75, 3.05) is 46.4 Å². The molecule has 264 valence electrons. The Balaban J connectivity index is 0.000000195. The van der Waals surface area contributed by atoms with Crippen LogP contribution in [-0.2, 0) is 22.6 Å². The molecule has 12 heteroatoms. The number of aliphatic carboxylic acids is 1. The minimum absolute atomic E-state index is 0.109. The van der Waals surface area contributed by atoms with Gasteiger partial charge in [-0.3, -0.25) is 19.4 Å². The molecule has 2 N–H and O–H groups in total. The van der Waals surface area contributed by atoms with E-state index in [0.717, 1.165) is 64.8 Å². The summed E-state index contributed by atoms with van der Waals surface area (Å²) in [6.45, 7) is 3.77. The van der Waals surface area contributed by atoms with Crippen molar-refractivity contribution in [1.82, 2.24) is 20.2 Å². The van der Waals surface area contributed by atoms with E-state index in [1.807, 2.05) is 30.3 Å². The number of hydrogen-bond donors (Lipinski definition) is 2. The number of carbonyl (C=O) groups excluding carboxylic acids is 1. The molecule has 49 heavy (non-hydrogen) atoms. The number of fused-ring (bicyclic) bond motifs is 3. The van der Waals surface area contributed by atoms with Gasteiger partial charge in [-0.05, 0) is 84.8 Å². The number of amides is 1. The first kappa shape index (κ1) is 35.1. The Labute approximate surface area is 284 Å². The number of benzene rings is 3. The maximum atomic E-state index is 14.4. The van der Waals surface area contributed by atoms with Gasteiger partial charge in [0.25, 0.3) is 11.8 Å². The molecule has 4 heterocycles. The van der Waals surface area contributed by atoms with Crippen LogP contribution in [0.1, 0.15) is 50.2 Å². The molecule has 0 aromatic heterocycles. The number of piperidine rings is 2. The summed E-state index contributed by atoms with van der Waals surface area (Å²) in [4.78, 5) is 26.8. The number of carboxylic acid groups (broad SMARTS) is 1. The molecule has 4 saturated heterocycles. The number of carboxylic acids is 1. The number of methoxy groups -OCH3 is 1. The van der Waals surface area contributed by atoms with E-state index >= 15 is 0 Å². The maximum absolute atomic E-state index is 14.4. The van der Waals surface area contributed by atoms with Crippen LogP contribution in [0, 0.1) is 5.41 Å². The molecule has 1 unspecified atom stereocenters. The van der Waals surface area contributed by atoms with Crippen molar-refractivity contribution in [1.29, 1.82) is 0 Å². The summed E-state index contributed by atoms with van der Waals surface area (Å²) in [5.41, 5.74) is 5.96. The minimum Gasteiger partial charge on any atom is -0.496 e. The fraction of sp³-hybridized carbons (Fsp3) is 0.514. The van der Waals surface area contributed by atoms with Gasteiger partial charge in [0.1, 0.15) is 17.3 Å². The van der Waals surface area contributed by atoms with Crippen molar-refractivity contribution in [3.05, 3.63) is 65.7 Å². The van der Waals surface area contributed by atoms with E-state index in [9.17, 15) is 27.2 Å². The van der Waals surface area contributed by atoms with E-state index in [0.29, 0.717) is 45.2 Å². The highest BCUT2D eigenvalue weighted by atomic mass is 19.3. The molecule has 7 rings (SSSR count). The third-order valence-corrected chi connectivity index (χ3v) is 10.5. The van der Waals surface area contributed by atoms with E-state index < -0.39 is 29.3 Å². The summed E-state index contributed by atoms with van der Waals surface area (Å²) in [5, 5.41) is 12.3. The number of hydrazine groups is 1. The summed E-state index contributed by atoms with van der Waals surface area (Å²) in [5.74, 6) is -4.54. The lowest BCUT2D eigenvalue weighted by atomic mass is 9.61. The van der Waals surface area contributed by atoms with Crippen molar-refractivity contribution in [3.8, 4) is 16.9 Å². The molecule has 4 aliphatic rings. The van der Waals surface area contributed by atoms with E-state index in [-0.39, 0.29) is 25.4 Å². The van der Waals surface area contributed by atoms with Crippen LogP contribution in [0.4, 0.5) is 17.6 Å². The minimum atomic E-state index is -2.74. The fourth-order valence-corrected chi connectivity index (χ4v) is 7.77. The van der Waals surface area contributed by atoms with Crippen LogP contribution >= 0.6 is 0 Å². The third kappa shape index (κ3) is 7.00. The van der Waals surface area contributed by atoms with Gasteiger partial charge < -0.3 is 9.84 Å². The number of nitrogens with one attached hydrogen (secondary N) is 1. The fourth-order valence-electron chi connectivity index (χ4n) is 7.77. The van der Waals surface area contributed by atoms with Crippen LogP contribution in [0.15, 0.2) is 54.6 Å². The van der Waals surface area contributed by atoms with E-state index in [1.165, 1.54) is 5.56 Å². The Bertz CT molecular complexity index is 1680. The number of aryl methyl sites for hydroxylation is 1. The molecule has 3 aromatic carbocycles. The van der Waals surface area contributed by atoms with Crippen LogP contribution in [0.5, 0.6) is 5.75 Å². The number of carbonyl (C=O) groups is 2. The van der Waals surface area contributed by atoms with Crippen LogP contribution in [0.2, 0.25) is 0 Å². The highest BCUT2D eigenvalue weighted by Crippen LogP contribution is 2.58. The van der Waals surface area contributed by atoms with E-state index in [2.05, 4.69) is 34.6 Å². The highest BCUT2D eigenvalue weighted by Gasteiger charge is 2.77. The molecule has 1 amide bonds. The first-order valence-electron chi connectivity index (χ1n) is 17.0. The smallest absolute Gasteiger partial charge is 0.303 e. The molecule has 0 radical (unpaired) electrons. The predicted octanol–water partition coefficient (Wildman–Crippen LogP) is 6.22. The molecule has 4 fully saturated rings. The number of nitrogens with zero attached hydrogens (tertiary/aromatic N) is 3. The second-order valence-electron chi connectivity index (χ2n) is 13.9. The Morgan fingerprint density at radius 3 is 2.31 bits per heavy atom. The van der Waals surface area contributed by atoms with Crippen molar-refractivity contribution in [2.45, 2.75) is 69.9 Å². The van der Waals surface area contributed by atoms with E-state index in [1.54, 1.807) is 12.0 Å². The van der Waals surface area contributed by atoms with Crippen LogP contribution in [0.3, 0.4) is 0 Å². The number of rotatable bonds is 9. The quantitative estimate of drug-likeness (QED) is 0.157. The Morgan fingerprint density at radius 2 is 1.69 bits per heavy atom. The van der Waals surface area contributed by atoms with Gasteiger partial charge in [-0.2, -0.15) is 0 Å². The van der Waals surface area contributed by atoms with Crippen LogP contribution in [0.25, 0.3) is 21.9 Å². The molecule has 0 bridgehead atoms. The van der Waals surface area contributed by atoms with Gasteiger partial charge in [0.15, 0.2) is 0 Å². The molecule has 0 aliphatic carbocycles. The number of likely N-dealkylation sites (tertiary alicyclic amines) is 2. The average molecular weight is 685 g/mol. The molecule has 3 aromatic rings. The number of hydrogen-bond acceptors (Lipinski definition) is 6. The van der Waals surface area contributed by atoms with Gasteiger partial charge >= 0.3 is 5.97 Å². The van der Waals surface area contributed by atoms with Crippen molar-refractivity contribution in [2.24, 2.45) is 5.41 Å². The zero-order valence-electron chi connectivity index (χ0n) is 28.0. The van der Waals surface area contributed by atoms with Gasteiger partial charge in [-0.1, -0.05) is 42.5 Å². The Morgan fingerprint density at radius 1 is 1.00 bits per heavy atom. The Kier molecular flexibility index (Phi) is 9.94. The maximum Gasteiger partial charge on any atom is 0.303 e. The monoisotopic (exact) mass is 684 g/mol. The normalized spacial score (nSPS) is 22.6. The SMILES string of the molecule is CC(F)(F)CN1CCC2(CC1)C(=O)N1NCC12F.COc1ccc(CN2CCC(F)CC2)cc1-c1cccc2c(CCC(=O)O)cccc12. The molecular weight excluding hydrogens is 640 g/mol. The lowest BCUT2D eigenvalue weighted by molar-refractivity contribution is -0.297. The van der Waals surface area contributed by atoms with Crippen LogP contribution in [-0.4, -0.2) is 96.1 Å². The average Bonchev–Trinajstić information content (AvgIpc) is 3.07. The Hall–Kier alpha value is -3.74. The largest absolute Gasteiger partial charge is 0.496 e. The lowest BCUT2D eigenvalue weighted by Crippen LogP contribution is -2.90. The first-order chi connectivity index (χ1) is 23.3. The van der Waals surface area contributed by atoms with Crippen molar-refractivity contribution >= 4 is 22.6 Å². The predicted molar refractivity (Wildman–Crippen MR) is 179 cm³/mol. The third-order valence-electron chi connectivity index (χ3n) is 10.5. The summed E-state index contributed by atoms with van der Waals surface area (Å²) in [7, 11) is 1.67. The molecule has 1 spiro atoms. The second kappa shape index (κ2) is 13.9. The summed E-state index contributed by atoms with van der Waals surface area (Å²) in [6, 6.07) is 18.4. The summed E-state index contributed by atoms with van der Waals surface area (Å²) >= 11 is 0. The topological polar surface area (TPSA) is 85.4 Å². The second-order valence-corrected chi connectivity index (χ2v) is 13.9. The zero-order valence-corrected chi connectivity index (χ0v) is 28.0. The molecule has 4 aliphatic heterocycles. The standard InChI is InChI=1S/C26H28FNO3.C11H16F3N3O/c1-31-25-10-8-18(17-28-14-12-20(27)13-15-28)16-24(25)23-7-3-5-21-19(9-11-26(29)30)4-2-6-22(21)23;1-9(12,13)7-16-4-2-10(3-5-16)8(18)17-11(10,14)6-15-17/h2-8,10,16,20H,9,11-15,17H2,1H3,(H,29,30);15H,2-7H2,1H3. The zero-order chi connectivity index (χ0) is 35.0. The molecule has 1 atom stereocenters. The van der Waals surface area contributed by atoms with Crippen molar-refractivity contribution in [3.63, 3.8) is 0 Å². The van der Waals surface area contributed by atoms with Crippen LogP contribution < -0.4 is 10.2 Å². The van der Waals surface area contributed by atoms with Gasteiger partial charge in [0.2, 0.25) is 5.79 Å². The molecular formula is C37H44F4N4O4.